The van der Waals surface area contributed by atoms with Gasteiger partial charge in [-0.25, -0.2) is 0 Å². The van der Waals surface area contributed by atoms with E-state index in [2.05, 4.69) is 36.9 Å². The van der Waals surface area contributed by atoms with E-state index in [9.17, 15) is 5.11 Å². The molecule has 2 aliphatic heterocycles. The van der Waals surface area contributed by atoms with Gasteiger partial charge in [-0.3, -0.25) is 0 Å². The molecule has 1 N–H and O–H groups in total. The summed E-state index contributed by atoms with van der Waals surface area (Å²) in [6, 6.07) is 6.94. The molecular weight excluding hydrogens is 234 g/mol. The van der Waals surface area contributed by atoms with Crippen molar-refractivity contribution in [3.63, 3.8) is 0 Å². The monoisotopic (exact) mass is 259 g/mol. The number of hydrogen-bond acceptors (Lipinski definition) is 2. The van der Waals surface area contributed by atoms with Gasteiger partial charge < -0.3 is 10.0 Å². The molecule has 2 fully saturated rings. The molecule has 2 atom stereocenters. The highest BCUT2D eigenvalue weighted by molar-refractivity contribution is 5.38. The van der Waals surface area contributed by atoms with Gasteiger partial charge in [0.05, 0.1) is 5.60 Å². The van der Waals surface area contributed by atoms with Crippen LogP contribution in [0.25, 0.3) is 0 Å². The number of piperidine rings is 2. The number of aryl methyl sites for hydroxylation is 2. The molecule has 1 aromatic carbocycles. The van der Waals surface area contributed by atoms with E-state index in [0.717, 1.165) is 19.4 Å². The number of aliphatic hydroxyl groups is 1. The van der Waals surface area contributed by atoms with E-state index in [1.165, 1.54) is 42.5 Å². The zero-order chi connectivity index (χ0) is 13.5. The second-order valence-electron chi connectivity index (χ2n) is 6.44. The summed E-state index contributed by atoms with van der Waals surface area (Å²) < 4.78 is 0. The van der Waals surface area contributed by atoms with Crippen LogP contribution in [0.15, 0.2) is 18.2 Å². The summed E-state index contributed by atoms with van der Waals surface area (Å²) in [6.07, 6.45) is 5.71. The Kier molecular flexibility index (Phi) is 3.40. The molecule has 2 heterocycles. The Morgan fingerprint density at radius 1 is 1.16 bits per heavy atom. The van der Waals surface area contributed by atoms with Crippen LogP contribution in [0.3, 0.4) is 0 Å². The third kappa shape index (κ3) is 2.32. The number of nitrogens with zero attached hydrogens (tertiary/aromatic N) is 1. The van der Waals surface area contributed by atoms with Crippen molar-refractivity contribution < 1.29 is 5.11 Å². The van der Waals surface area contributed by atoms with Gasteiger partial charge in [-0.05, 0) is 62.8 Å². The van der Waals surface area contributed by atoms with E-state index in [0.29, 0.717) is 6.04 Å². The maximum Gasteiger partial charge on any atom is 0.0928 e. The fraction of sp³-hybridized carbons (Fsp3) is 0.647. The minimum atomic E-state index is -0.603. The third-order valence-corrected chi connectivity index (χ3v) is 5.08. The smallest absolute Gasteiger partial charge is 0.0928 e. The number of fused-ring (bicyclic) bond motifs is 1. The van der Waals surface area contributed by atoms with Crippen LogP contribution in [-0.4, -0.2) is 29.1 Å². The minimum Gasteiger partial charge on any atom is -0.385 e. The van der Waals surface area contributed by atoms with Crippen LogP contribution >= 0.6 is 0 Å². The third-order valence-electron chi connectivity index (χ3n) is 5.08. The number of hydrogen-bond donors (Lipinski definition) is 1. The molecule has 104 valence electrons. The average molecular weight is 259 g/mol. The van der Waals surface area contributed by atoms with Gasteiger partial charge in [0, 0.05) is 12.6 Å². The molecule has 0 bridgehead atoms. The topological polar surface area (TPSA) is 23.5 Å². The Morgan fingerprint density at radius 2 is 1.89 bits per heavy atom. The summed E-state index contributed by atoms with van der Waals surface area (Å²) in [4.78, 5) is 2.59. The van der Waals surface area contributed by atoms with E-state index in [-0.39, 0.29) is 0 Å². The maximum atomic E-state index is 11.2. The summed E-state index contributed by atoms with van der Waals surface area (Å²) in [5, 5.41) is 11.2. The molecule has 3 rings (SSSR count). The molecule has 1 aromatic rings. The highest BCUT2D eigenvalue weighted by atomic mass is 16.3. The van der Waals surface area contributed by atoms with Crippen LogP contribution < -0.4 is 0 Å². The largest absolute Gasteiger partial charge is 0.385 e. The van der Waals surface area contributed by atoms with Gasteiger partial charge in [0.1, 0.15) is 0 Å². The summed E-state index contributed by atoms with van der Waals surface area (Å²) in [7, 11) is 0. The first-order valence-electron chi connectivity index (χ1n) is 7.63. The maximum absolute atomic E-state index is 11.2. The fourth-order valence-electron chi connectivity index (χ4n) is 4.18. The first-order chi connectivity index (χ1) is 9.10. The molecule has 0 unspecified atom stereocenters. The average Bonchev–Trinajstić information content (AvgIpc) is 2.38. The van der Waals surface area contributed by atoms with E-state index < -0.39 is 5.60 Å². The van der Waals surface area contributed by atoms with Gasteiger partial charge in [0.25, 0.3) is 0 Å². The molecule has 19 heavy (non-hydrogen) atoms. The van der Waals surface area contributed by atoms with Gasteiger partial charge >= 0.3 is 0 Å². The van der Waals surface area contributed by atoms with Crippen LogP contribution in [0, 0.1) is 13.8 Å². The van der Waals surface area contributed by atoms with Gasteiger partial charge in [-0.1, -0.05) is 24.6 Å². The molecule has 2 saturated heterocycles. The van der Waals surface area contributed by atoms with Gasteiger partial charge in [0.15, 0.2) is 0 Å². The summed E-state index contributed by atoms with van der Waals surface area (Å²) >= 11 is 0. The van der Waals surface area contributed by atoms with Crippen molar-refractivity contribution in [1.82, 2.24) is 4.90 Å². The lowest BCUT2D eigenvalue weighted by Gasteiger charge is -2.47. The number of benzene rings is 1. The molecule has 0 aliphatic carbocycles. The van der Waals surface area contributed by atoms with Gasteiger partial charge in [-0.15, -0.1) is 0 Å². The van der Waals surface area contributed by atoms with Crippen LogP contribution in [0.1, 0.15) is 48.8 Å². The predicted octanol–water partition coefficient (Wildman–Crippen LogP) is 3.14. The number of rotatable bonds is 1. The molecule has 2 nitrogen and oxygen atoms in total. The van der Waals surface area contributed by atoms with Crippen molar-refractivity contribution in [3.05, 3.63) is 34.9 Å². The fourth-order valence-corrected chi connectivity index (χ4v) is 4.18. The quantitative estimate of drug-likeness (QED) is 0.837. The highest BCUT2D eigenvalue weighted by Gasteiger charge is 2.41. The van der Waals surface area contributed by atoms with E-state index in [1.807, 2.05) is 0 Å². The van der Waals surface area contributed by atoms with E-state index in [1.54, 1.807) is 0 Å². The zero-order valence-corrected chi connectivity index (χ0v) is 12.2. The zero-order valence-electron chi connectivity index (χ0n) is 12.2. The Hall–Kier alpha value is -0.860. The lowest BCUT2D eigenvalue weighted by atomic mass is 9.75. The molecule has 0 spiro atoms. The second kappa shape index (κ2) is 4.92. The van der Waals surface area contributed by atoms with Crippen molar-refractivity contribution in [2.45, 2.75) is 57.6 Å². The lowest BCUT2D eigenvalue weighted by Crippen LogP contribution is -2.51. The molecule has 0 saturated carbocycles. The van der Waals surface area contributed by atoms with Crippen molar-refractivity contribution >= 4 is 0 Å². The second-order valence-corrected chi connectivity index (χ2v) is 6.44. The SMILES string of the molecule is Cc1cccc(C)c1[C@]1(O)CCN2CCCC[C@H]2C1. The highest BCUT2D eigenvalue weighted by Crippen LogP contribution is 2.41. The van der Waals surface area contributed by atoms with E-state index >= 15 is 0 Å². The van der Waals surface area contributed by atoms with E-state index in [4.69, 9.17) is 0 Å². The normalized spacial score (nSPS) is 32.1. The predicted molar refractivity (Wildman–Crippen MR) is 78.3 cm³/mol. The van der Waals surface area contributed by atoms with Crippen LogP contribution in [0.5, 0.6) is 0 Å². The molecule has 2 aliphatic rings. The molecule has 0 radical (unpaired) electrons. The Bertz CT molecular complexity index is 450. The van der Waals surface area contributed by atoms with Crippen LogP contribution in [0.2, 0.25) is 0 Å². The van der Waals surface area contributed by atoms with Gasteiger partial charge in [0.2, 0.25) is 0 Å². The van der Waals surface area contributed by atoms with Crippen LogP contribution in [-0.2, 0) is 5.60 Å². The Labute approximate surface area is 116 Å². The van der Waals surface area contributed by atoms with Crippen molar-refractivity contribution in [2.24, 2.45) is 0 Å². The molecule has 0 aromatic heterocycles. The first kappa shape index (κ1) is 13.1. The van der Waals surface area contributed by atoms with Crippen molar-refractivity contribution in [3.8, 4) is 0 Å². The minimum absolute atomic E-state index is 0.589. The summed E-state index contributed by atoms with van der Waals surface area (Å²) in [6.45, 7) is 6.55. The molecular formula is C17H25NO. The van der Waals surface area contributed by atoms with Crippen molar-refractivity contribution in [1.29, 1.82) is 0 Å². The molecule has 0 amide bonds. The summed E-state index contributed by atoms with van der Waals surface area (Å²) in [5.74, 6) is 0. The first-order valence-corrected chi connectivity index (χ1v) is 7.63. The van der Waals surface area contributed by atoms with Crippen LogP contribution in [0.4, 0.5) is 0 Å². The summed E-state index contributed by atoms with van der Waals surface area (Å²) in [5.41, 5.74) is 3.08. The standard InChI is InChI=1S/C17H25NO/c1-13-6-5-7-14(2)16(13)17(19)9-11-18-10-4-3-8-15(18)12-17/h5-7,15,19H,3-4,8-12H2,1-2H3/t15-,17-/m0/s1. The Balaban J connectivity index is 1.91. The lowest BCUT2D eigenvalue weighted by molar-refractivity contribution is -0.0618. The van der Waals surface area contributed by atoms with Gasteiger partial charge in [-0.2, -0.15) is 0 Å². The Morgan fingerprint density at radius 3 is 2.63 bits per heavy atom. The van der Waals surface area contributed by atoms with Crippen molar-refractivity contribution in [2.75, 3.05) is 13.1 Å². The molecule has 2 heteroatoms.